The van der Waals surface area contributed by atoms with Gasteiger partial charge in [-0.1, -0.05) is 19.8 Å². The average Bonchev–Trinajstić information content (AvgIpc) is 3.61. The number of hydrogen-bond donors (Lipinski definition) is 2. The molecule has 34 heavy (non-hydrogen) atoms. The standard InChI is InChI=1S/C24H29FN2O5S2/c1-3-4-5-17-14-27(18-8-6-16(25)7-9-18)19-12-21(33-2)20(13-22(19)34(30,31)26-17)32-15-24(10-11-24)23(28)29/h6-9,12-13,17,26H,3-5,10-11,14-15H2,1-2H3,(H,28,29)/t17-/m1/s1. The number of hydrogen-bond acceptors (Lipinski definition) is 6. The normalized spacial score (nSPS) is 20.3. The maximum absolute atomic E-state index is 13.6. The number of anilines is 2. The van der Waals surface area contributed by atoms with Gasteiger partial charge < -0.3 is 14.7 Å². The number of nitrogens with zero attached hydrogens (tertiary/aromatic N) is 1. The van der Waals surface area contributed by atoms with Crippen LogP contribution >= 0.6 is 11.8 Å². The second-order valence-corrected chi connectivity index (χ2v) is 11.4. The van der Waals surface area contributed by atoms with Crippen LogP contribution in [0.5, 0.6) is 5.75 Å². The fourth-order valence-corrected chi connectivity index (χ4v) is 6.13. The number of aliphatic carboxylic acids is 1. The van der Waals surface area contributed by atoms with Crippen molar-refractivity contribution in [1.82, 2.24) is 4.72 Å². The minimum Gasteiger partial charge on any atom is -0.491 e. The summed E-state index contributed by atoms with van der Waals surface area (Å²) in [4.78, 5) is 14.2. The lowest BCUT2D eigenvalue weighted by atomic mass is 10.1. The highest BCUT2D eigenvalue weighted by molar-refractivity contribution is 7.98. The fraction of sp³-hybridized carbons (Fsp3) is 0.458. The summed E-state index contributed by atoms with van der Waals surface area (Å²) in [6.45, 7) is 2.44. The van der Waals surface area contributed by atoms with Crippen molar-refractivity contribution in [3.63, 3.8) is 0 Å². The van der Waals surface area contributed by atoms with Crippen LogP contribution in [0.2, 0.25) is 0 Å². The van der Waals surface area contributed by atoms with E-state index in [1.807, 2.05) is 11.2 Å². The van der Waals surface area contributed by atoms with Gasteiger partial charge in [0.15, 0.2) is 0 Å². The lowest BCUT2D eigenvalue weighted by Gasteiger charge is -2.28. The number of ether oxygens (including phenoxy) is 1. The lowest BCUT2D eigenvalue weighted by molar-refractivity contribution is -0.144. The van der Waals surface area contributed by atoms with Crippen molar-refractivity contribution in [3.8, 4) is 5.75 Å². The largest absolute Gasteiger partial charge is 0.491 e. The Bertz CT molecular complexity index is 1170. The topological polar surface area (TPSA) is 95.9 Å². The van der Waals surface area contributed by atoms with E-state index in [9.17, 15) is 22.7 Å². The van der Waals surface area contributed by atoms with Crippen molar-refractivity contribution >= 4 is 39.1 Å². The minimum atomic E-state index is -3.88. The number of sulfonamides is 1. The third-order valence-electron chi connectivity index (χ3n) is 6.41. The van der Waals surface area contributed by atoms with E-state index >= 15 is 0 Å². The molecule has 0 saturated heterocycles. The van der Waals surface area contributed by atoms with E-state index in [4.69, 9.17) is 4.74 Å². The molecule has 1 saturated carbocycles. The van der Waals surface area contributed by atoms with Crippen LogP contribution in [0.3, 0.4) is 0 Å². The van der Waals surface area contributed by atoms with Crippen LogP contribution in [0.4, 0.5) is 15.8 Å². The Morgan fingerprint density at radius 3 is 2.59 bits per heavy atom. The fourth-order valence-electron chi connectivity index (χ4n) is 4.12. The van der Waals surface area contributed by atoms with Gasteiger partial charge in [-0.2, -0.15) is 0 Å². The lowest BCUT2D eigenvalue weighted by Crippen LogP contribution is -2.39. The van der Waals surface area contributed by atoms with Crippen molar-refractivity contribution in [1.29, 1.82) is 0 Å². The Kier molecular flexibility index (Phi) is 7.12. The zero-order valence-corrected chi connectivity index (χ0v) is 20.8. The van der Waals surface area contributed by atoms with Crippen LogP contribution in [0.15, 0.2) is 46.2 Å². The molecule has 4 rings (SSSR count). The van der Waals surface area contributed by atoms with E-state index in [0.29, 0.717) is 47.8 Å². The molecule has 0 amide bonds. The van der Waals surface area contributed by atoms with Gasteiger partial charge in [0, 0.05) is 24.3 Å². The minimum absolute atomic E-state index is 0.0110. The predicted octanol–water partition coefficient (Wildman–Crippen LogP) is 4.78. The number of carbonyl (C=O) groups is 1. The molecule has 0 radical (unpaired) electrons. The van der Waals surface area contributed by atoms with Crippen LogP contribution in [0.25, 0.3) is 0 Å². The van der Waals surface area contributed by atoms with Gasteiger partial charge in [0.25, 0.3) is 0 Å². The summed E-state index contributed by atoms with van der Waals surface area (Å²) in [5.74, 6) is -0.924. The van der Waals surface area contributed by atoms with Gasteiger partial charge in [0.1, 0.15) is 28.5 Å². The molecular formula is C24H29FN2O5S2. The number of benzene rings is 2. The molecule has 0 bridgehead atoms. The maximum atomic E-state index is 13.6. The molecule has 10 heteroatoms. The second-order valence-electron chi connectivity index (χ2n) is 8.89. The summed E-state index contributed by atoms with van der Waals surface area (Å²) in [5, 5.41) is 9.48. The maximum Gasteiger partial charge on any atom is 0.313 e. The van der Waals surface area contributed by atoms with E-state index in [-0.39, 0.29) is 23.4 Å². The van der Waals surface area contributed by atoms with Crippen LogP contribution in [0.1, 0.15) is 39.0 Å². The molecule has 2 aromatic carbocycles. The van der Waals surface area contributed by atoms with Gasteiger partial charge >= 0.3 is 5.97 Å². The van der Waals surface area contributed by atoms with Gasteiger partial charge in [-0.05, 0) is 55.9 Å². The highest BCUT2D eigenvalue weighted by Gasteiger charge is 2.51. The van der Waals surface area contributed by atoms with Crippen LogP contribution in [-0.4, -0.2) is 44.9 Å². The first-order valence-electron chi connectivity index (χ1n) is 11.3. The monoisotopic (exact) mass is 508 g/mol. The second kappa shape index (κ2) is 9.75. The summed E-state index contributed by atoms with van der Waals surface area (Å²) in [5.41, 5.74) is 0.270. The van der Waals surface area contributed by atoms with Crippen LogP contribution in [-0.2, 0) is 14.8 Å². The van der Waals surface area contributed by atoms with E-state index in [1.54, 1.807) is 18.2 Å². The Balaban J connectivity index is 1.78. The predicted molar refractivity (Wildman–Crippen MR) is 130 cm³/mol. The van der Waals surface area contributed by atoms with E-state index in [2.05, 4.69) is 11.6 Å². The molecule has 184 valence electrons. The molecule has 2 aromatic rings. The molecule has 1 fully saturated rings. The first-order valence-corrected chi connectivity index (χ1v) is 14.0. The van der Waals surface area contributed by atoms with Crippen LogP contribution in [0, 0.1) is 11.2 Å². The van der Waals surface area contributed by atoms with Gasteiger partial charge in [0.2, 0.25) is 10.0 Å². The average molecular weight is 509 g/mol. The number of rotatable bonds is 9. The highest BCUT2D eigenvalue weighted by Crippen LogP contribution is 2.47. The number of carboxylic acids is 1. The summed E-state index contributed by atoms with van der Waals surface area (Å²) in [6.07, 6.45) is 5.40. The zero-order chi connectivity index (χ0) is 24.5. The Morgan fingerprint density at radius 2 is 2.00 bits per heavy atom. The summed E-state index contributed by atoms with van der Waals surface area (Å²) >= 11 is 1.39. The van der Waals surface area contributed by atoms with Crippen LogP contribution < -0.4 is 14.4 Å². The number of carboxylic acid groups (broad SMARTS) is 1. The summed E-state index contributed by atoms with van der Waals surface area (Å²) < 4.78 is 49.2. The molecular weight excluding hydrogens is 479 g/mol. The third kappa shape index (κ3) is 5.04. The Labute approximate surface area is 203 Å². The highest BCUT2D eigenvalue weighted by atomic mass is 32.2. The van der Waals surface area contributed by atoms with Gasteiger partial charge in [-0.3, -0.25) is 4.79 Å². The Hall–Kier alpha value is -2.30. The van der Waals surface area contributed by atoms with Gasteiger partial charge in [-0.25, -0.2) is 17.5 Å². The van der Waals surface area contributed by atoms with Crippen molar-refractivity contribution < 1.29 is 27.4 Å². The number of halogens is 1. The molecule has 2 N–H and O–H groups in total. The van der Waals surface area contributed by atoms with Gasteiger partial charge in [-0.15, -0.1) is 11.8 Å². The first-order chi connectivity index (χ1) is 16.2. The van der Waals surface area contributed by atoms with E-state index < -0.39 is 21.4 Å². The molecule has 0 spiro atoms. The molecule has 1 aliphatic heterocycles. The molecule has 7 nitrogen and oxygen atoms in total. The van der Waals surface area contributed by atoms with Gasteiger partial charge in [0.05, 0.1) is 10.6 Å². The SMILES string of the molecule is CCCC[C@@H]1CN(c2ccc(F)cc2)c2cc(SC)c(OCC3(C(=O)O)CC3)cc2S(=O)(=O)N1. The quantitative estimate of drug-likeness (QED) is 0.471. The molecule has 2 aliphatic rings. The number of unbranched alkanes of at least 4 members (excludes halogenated alkanes) is 1. The smallest absolute Gasteiger partial charge is 0.313 e. The number of thioether (sulfide) groups is 1. The number of fused-ring (bicyclic) bond motifs is 1. The third-order valence-corrected chi connectivity index (χ3v) is 8.71. The molecule has 1 aliphatic carbocycles. The molecule has 0 unspecified atom stereocenters. The van der Waals surface area contributed by atoms with Crippen molar-refractivity contribution in [2.75, 3.05) is 24.3 Å². The molecule has 0 aromatic heterocycles. The van der Waals surface area contributed by atoms with E-state index in [0.717, 1.165) is 12.8 Å². The summed E-state index contributed by atoms with van der Waals surface area (Å²) in [7, 11) is -3.88. The van der Waals surface area contributed by atoms with Crippen molar-refractivity contribution in [2.45, 2.75) is 54.9 Å². The first kappa shape index (κ1) is 24.8. The molecule has 1 heterocycles. The summed E-state index contributed by atoms with van der Waals surface area (Å²) in [6, 6.07) is 8.92. The van der Waals surface area contributed by atoms with E-state index in [1.165, 1.54) is 30.0 Å². The zero-order valence-electron chi connectivity index (χ0n) is 19.2. The van der Waals surface area contributed by atoms with Crippen molar-refractivity contribution in [2.24, 2.45) is 5.41 Å². The molecule has 1 atom stereocenters. The number of nitrogens with one attached hydrogen (secondary N) is 1. The van der Waals surface area contributed by atoms with Crippen molar-refractivity contribution in [3.05, 3.63) is 42.2 Å². The Morgan fingerprint density at radius 1 is 1.29 bits per heavy atom.